The molecule has 0 bridgehead atoms. The first-order valence-corrected chi connectivity index (χ1v) is 9.17. The van der Waals surface area contributed by atoms with Gasteiger partial charge >= 0.3 is 6.09 Å². The number of rotatable bonds is 3. The third kappa shape index (κ3) is 8.13. The van der Waals surface area contributed by atoms with Crippen LogP contribution in [0, 0.1) is 11.8 Å². The van der Waals surface area contributed by atoms with Crippen molar-refractivity contribution in [1.29, 1.82) is 0 Å². The lowest BCUT2D eigenvalue weighted by Gasteiger charge is -2.29. The molecular weight excluding hydrogens is 395 g/mol. The van der Waals surface area contributed by atoms with E-state index >= 15 is 0 Å². The van der Waals surface area contributed by atoms with E-state index in [0.29, 0.717) is 22.7 Å². The molecule has 0 aliphatic carbocycles. The van der Waals surface area contributed by atoms with Crippen LogP contribution in [0.15, 0.2) is 12.1 Å². The molecule has 0 atom stereocenters. The molecule has 0 aromatic heterocycles. The number of nitrogens with zero attached hydrogens (tertiary/aromatic N) is 1. The van der Waals surface area contributed by atoms with Crippen molar-refractivity contribution in [1.82, 2.24) is 4.90 Å². The summed E-state index contributed by atoms with van der Waals surface area (Å²) >= 11 is 16.4. The molecule has 144 valence electrons. The minimum absolute atomic E-state index is 0.00926. The predicted molar refractivity (Wildman–Crippen MR) is 113 cm³/mol. The number of benzene rings is 1. The number of anilines is 1. The second-order valence-corrected chi connectivity index (χ2v) is 6.90. The predicted octanol–water partition coefficient (Wildman–Crippen LogP) is 5.79. The molecule has 1 rings (SSSR count). The molecule has 1 aromatic carbocycles. The Hall–Kier alpha value is -1.68. The van der Waals surface area contributed by atoms with Crippen molar-refractivity contribution in [2.75, 3.05) is 5.32 Å². The molecule has 0 spiro atoms. The Morgan fingerprint density at radius 1 is 1.23 bits per heavy atom. The number of halogens is 2. The molecule has 5 nitrogen and oxygen atoms in total. The van der Waals surface area contributed by atoms with E-state index in [4.69, 9.17) is 33.4 Å². The molecule has 0 fully saturated rings. The van der Waals surface area contributed by atoms with Crippen LogP contribution < -0.4 is 5.32 Å². The van der Waals surface area contributed by atoms with Gasteiger partial charge in [0.25, 0.3) is 5.17 Å². The number of aliphatic hydroxyl groups is 1. The Kier molecular flexibility index (Phi) is 11.1. The third-order valence-electron chi connectivity index (χ3n) is 3.06. The van der Waals surface area contributed by atoms with Gasteiger partial charge in [-0.1, -0.05) is 42.0 Å². The van der Waals surface area contributed by atoms with Gasteiger partial charge < -0.3 is 15.1 Å². The fourth-order valence-corrected chi connectivity index (χ4v) is 2.90. The molecule has 0 unspecified atom stereocenters. The van der Waals surface area contributed by atoms with Crippen molar-refractivity contribution in [3.63, 3.8) is 0 Å². The number of carboxylic acid groups (broad SMARTS) is 1. The zero-order valence-corrected chi connectivity index (χ0v) is 17.8. The summed E-state index contributed by atoms with van der Waals surface area (Å²) in [7, 11) is 0. The second-order valence-electron chi connectivity index (χ2n) is 5.75. The molecule has 0 heterocycles. The average Bonchev–Trinajstić information content (AvgIpc) is 2.49. The quantitative estimate of drug-likeness (QED) is 0.427. The maximum absolute atomic E-state index is 10.6. The molecule has 0 saturated carbocycles. The van der Waals surface area contributed by atoms with E-state index in [1.54, 1.807) is 4.90 Å². The van der Waals surface area contributed by atoms with Crippen LogP contribution in [0.5, 0.6) is 0 Å². The lowest BCUT2D eigenvalue weighted by Crippen LogP contribution is -2.40. The molecule has 8 heteroatoms. The molecule has 0 saturated heterocycles. The van der Waals surface area contributed by atoms with Crippen LogP contribution in [0.25, 0.3) is 0 Å². The molecule has 26 heavy (non-hydrogen) atoms. The largest absolute Gasteiger partial charge is 0.486 e. The minimum Gasteiger partial charge on any atom is -0.486 e. The first-order valence-electron chi connectivity index (χ1n) is 8.00. The summed E-state index contributed by atoms with van der Waals surface area (Å²) in [6, 6.07) is 3.60. The zero-order valence-electron chi connectivity index (χ0n) is 15.4. The van der Waals surface area contributed by atoms with Gasteiger partial charge in [0.05, 0.1) is 21.3 Å². The van der Waals surface area contributed by atoms with Gasteiger partial charge in [0.2, 0.25) is 0 Å². The summed E-state index contributed by atoms with van der Waals surface area (Å²) < 4.78 is 0. The van der Waals surface area contributed by atoms with E-state index in [0.717, 1.165) is 0 Å². The normalized spacial score (nSPS) is 9.73. The van der Waals surface area contributed by atoms with Gasteiger partial charge in [0.1, 0.15) is 0 Å². The van der Waals surface area contributed by atoms with E-state index < -0.39 is 6.09 Å². The topological polar surface area (TPSA) is 72.8 Å². The van der Waals surface area contributed by atoms with E-state index in [1.165, 1.54) is 12.1 Å². The van der Waals surface area contributed by atoms with E-state index in [2.05, 4.69) is 29.4 Å². The molecular formula is C18H24Cl2N2O3S. The molecule has 0 aliphatic heterocycles. The first-order chi connectivity index (χ1) is 12.0. The molecule has 1 aromatic rings. The number of amides is 1. The Morgan fingerprint density at radius 3 is 2.12 bits per heavy atom. The van der Waals surface area contributed by atoms with Crippen molar-refractivity contribution < 1.29 is 15.0 Å². The van der Waals surface area contributed by atoms with Crippen LogP contribution in [0.4, 0.5) is 10.5 Å². The van der Waals surface area contributed by atoms with Gasteiger partial charge in [-0.25, -0.2) is 4.79 Å². The van der Waals surface area contributed by atoms with Crippen LogP contribution in [0.3, 0.4) is 0 Å². The number of nitrogens with one attached hydrogen (secondary N) is 1. The second kappa shape index (κ2) is 11.8. The minimum atomic E-state index is -1.17. The van der Waals surface area contributed by atoms with Crippen molar-refractivity contribution in [3.05, 3.63) is 27.7 Å². The van der Waals surface area contributed by atoms with Crippen molar-refractivity contribution in [3.8, 4) is 11.8 Å². The van der Waals surface area contributed by atoms with Crippen molar-refractivity contribution in [2.45, 2.75) is 53.1 Å². The fraction of sp³-hybridized carbons (Fsp3) is 0.444. The fourth-order valence-electron chi connectivity index (χ4n) is 2.11. The highest BCUT2D eigenvalue weighted by molar-refractivity contribution is 7.79. The van der Waals surface area contributed by atoms with Crippen LogP contribution >= 0.6 is 35.4 Å². The smallest absolute Gasteiger partial charge is 0.409 e. The Balaban J connectivity index is 0.000000541. The highest BCUT2D eigenvalue weighted by Crippen LogP contribution is 2.30. The first kappa shape index (κ1) is 24.3. The summed E-state index contributed by atoms with van der Waals surface area (Å²) in [6.45, 7) is 9.89. The molecule has 3 N–H and O–H groups in total. The Bertz CT molecular complexity index is 690. The lowest BCUT2D eigenvalue weighted by atomic mass is 10.1. The van der Waals surface area contributed by atoms with Gasteiger partial charge in [-0.2, -0.15) is 0 Å². The maximum atomic E-state index is 10.6. The number of hydrogen-bond acceptors (Lipinski definition) is 2. The van der Waals surface area contributed by atoms with E-state index in [-0.39, 0.29) is 22.3 Å². The number of carbonyl (C=O) groups is 1. The van der Waals surface area contributed by atoms with Gasteiger partial charge in [0.15, 0.2) is 0 Å². The third-order valence-corrected chi connectivity index (χ3v) is 4.08. The zero-order chi connectivity index (χ0) is 20.4. The summed E-state index contributed by atoms with van der Waals surface area (Å²) in [5.74, 6) is 5.61. The monoisotopic (exact) mass is 418 g/mol. The summed E-state index contributed by atoms with van der Waals surface area (Å²) in [6.07, 6.45) is -0.520. The van der Waals surface area contributed by atoms with Gasteiger partial charge in [-0.05, 0) is 52.0 Å². The SMILES string of the molecule is CC(C)N(C(O)=S)C(C)C.CCC#Cc1c(NC(=O)O)ccc(Cl)c1Cl. The Morgan fingerprint density at radius 2 is 1.77 bits per heavy atom. The van der Waals surface area contributed by atoms with Crippen LogP contribution in [0.2, 0.25) is 10.0 Å². The van der Waals surface area contributed by atoms with Crippen LogP contribution in [-0.2, 0) is 0 Å². The van der Waals surface area contributed by atoms with Crippen molar-refractivity contribution >= 4 is 52.4 Å². The summed E-state index contributed by atoms with van der Waals surface area (Å²) in [5, 5.41) is 20.5. The number of thiocarbonyl (C=S) groups is 1. The van der Waals surface area contributed by atoms with Crippen molar-refractivity contribution in [2.24, 2.45) is 0 Å². The van der Waals surface area contributed by atoms with E-state index in [1.807, 2.05) is 34.6 Å². The number of aliphatic hydroxyl groups excluding tert-OH is 1. The van der Waals surface area contributed by atoms with Gasteiger partial charge in [0, 0.05) is 18.5 Å². The molecule has 0 radical (unpaired) electrons. The maximum Gasteiger partial charge on any atom is 0.409 e. The summed E-state index contributed by atoms with van der Waals surface area (Å²) in [5.41, 5.74) is 0.737. The summed E-state index contributed by atoms with van der Waals surface area (Å²) in [4.78, 5) is 12.3. The number of hydrogen-bond donors (Lipinski definition) is 3. The van der Waals surface area contributed by atoms with Crippen LogP contribution in [-0.4, -0.2) is 38.5 Å². The lowest BCUT2D eigenvalue weighted by molar-refractivity contribution is 0.209. The Labute approximate surface area is 170 Å². The standard InChI is InChI=1S/C11H9Cl2NO2.C7H15NOS/c1-2-3-4-7-9(14-11(15)16)6-5-8(12)10(7)13;1-5(2)8(6(3)4)7(9)10/h5-6,14H,2H2,1H3,(H,15,16);5-6H,1-4H3,(H,9,10). The van der Waals surface area contributed by atoms with Gasteiger partial charge in [-0.3, -0.25) is 5.32 Å². The highest BCUT2D eigenvalue weighted by Gasteiger charge is 2.14. The molecule has 0 aliphatic rings. The highest BCUT2D eigenvalue weighted by atomic mass is 35.5. The van der Waals surface area contributed by atoms with Crippen LogP contribution in [0.1, 0.15) is 46.6 Å². The van der Waals surface area contributed by atoms with E-state index in [9.17, 15) is 4.79 Å². The molecule has 1 amide bonds. The average molecular weight is 419 g/mol. The van der Waals surface area contributed by atoms with Gasteiger partial charge in [-0.15, -0.1) is 0 Å².